The SMILES string of the molecule is Cn1cc(C(=O)NC2CCCN(CC(F)(F)F)C2)cn1. The Hall–Kier alpha value is -1.57. The Kier molecular flexibility index (Phi) is 4.32. The van der Waals surface area contributed by atoms with Gasteiger partial charge in [0.25, 0.3) is 5.91 Å². The van der Waals surface area contributed by atoms with E-state index >= 15 is 0 Å². The number of nitrogens with one attached hydrogen (secondary N) is 1. The first kappa shape index (κ1) is 14.8. The molecule has 1 unspecified atom stereocenters. The van der Waals surface area contributed by atoms with Crippen LogP contribution in [0.3, 0.4) is 0 Å². The van der Waals surface area contributed by atoms with E-state index in [0.717, 1.165) is 0 Å². The Labute approximate surface area is 114 Å². The maximum atomic E-state index is 12.4. The lowest BCUT2D eigenvalue weighted by molar-refractivity contribution is -0.148. The van der Waals surface area contributed by atoms with Crippen molar-refractivity contribution < 1.29 is 18.0 Å². The highest BCUT2D eigenvalue weighted by Crippen LogP contribution is 2.19. The summed E-state index contributed by atoms with van der Waals surface area (Å²) in [5, 5.41) is 6.65. The van der Waals surface area contributed by atoms with Crippen LogP contribution in [0.25, 0.3) is 0 Å². The van der Waals surface area contributed by atoms with E-state index in [1.165, 1.54) is 15.8 Å². The van der Waals surface area contributed by atoms with Gasteiger partial charge in [-0.05, 0) is 19.4 Å². The fourth-order valence-electron chi connectivity index (χ4n) is 2.38. The number of halogens is 3. The van der Waals surface area contributed by atoms with E-state index in [2.05, 4.69) is 10.4 Å². The molecule has 5 nitrogen and oxygen atoms in total. The van der Waals surface area contributed by atoms with Crippen LogP contribution in [-0.2, 0) is 7.05 Å². The number of aromatic nitrogens is 2. The number of hydrogen-bond acceptors (Lipinski definition) is 3. The van der Waals surface area contributed by atoms with Crippen LogP contribution < -0.4 is 5.32 Å². The minimum atomic E-state index is -4.20. The maximum Gasteiger partial charge on any atom is 0.401 e. The van der Waals surface area contributed by atoms with Gasteiger partial charge >= 0.3 is 6.18 Å². The summed E-state index contributed by atoms with van der Waals surface area (Å²) in [6.45, 7) is -0.281. The highest BCUT2D eigenvalue weighted by atomic mass is 19.4. The number of piperidine rings is 1. The molecule has 0 spiro atoms. The van der Waals surface area contributed by atoms with E-state index in [9.17, 15) is 18.0 Å². The molecule has 1 amide bonds. The van der Waals surface area contributed by atoms with Crippen LogP contribution in [0.4, 0.5) is 13.2 Å². The molecule has 1 N–H and O–H groups in total. The predicted molar refractivity (Wildman–Crippen MR) is 66.2 cm³/mol. The van der Waals surface area contributed by atoms with Gasteiger partial charge in [-0.2, -0.15) is 18.3 Å². The van der Waals surface area contributed by atoms with Crippen LogP contribution >= 0.6 is 0 Å². The van der Waals surface area contributed by atoms with Gasteiger partial charge in [-0.25, -0.2) is 0 Å². The Bertz CT molecular complexity index is 472. The molecule has 20 heavy (non-hydrogen) atoms. The van der Waals surface area contributed by atoms with Gasteiger partial charge in [-0.1, -0.05) is 0 Å². The summed E-state index contributed by atoms with van der Waals surface area (Å²) in [5.41, 5.74) is 0.417. The molecule has 0 aromatic carbocycles. The van der Waals surface area contributed by atoms with Crippen molar-refractivity contribution in [2.24, 2.45) is 7.05 Å². The first-order chi connectivity index (χ1) is 9.33. The summed E-state index contributed by atoms with van der Waals surface area (Å²) < 4.78 is 38.6. The predicted octanol–water partition coefficient (Wildman–Crippen LogP) is 1.18. The third-order valence-corrected chi connectivity index (χ3v) is 3.21. The second kappa shape index (κ2) is 5.82. The fourth-order valence-corrected chi connectivity index (χ4v) is 2.38. The van der Waals surface area contributed by atoms with Crippen molar-refractivity contribution in [1.29, 1.82) is 0 Å². The van der Waals surface area contributed by atoms with Gasteiger partial charge in [-0.15, -0.1) is 0 Å². The van der Waals surface area contributed by atoms with E-state index in [-0.39, 0.29) is 18.5 Å². The zero-order valence-electron chi connectivity index (χ0n) is 11.2. The number of likely N-dealkylation sites (tertiary alicyclic amines) is 1. The summed E-state index contributed by atoms with van der Waals surface area (Å²) in [7, 11) is 1.70. The Morgan fingerprint density at radius 3 is 2.90 bits per heavy atom. The van der Waals surface area contributed by atoms with Gasteiger partial charge in [-0.3, -0.25) is 14.4 Å². The molecular weight excluding hydrogens is 273 g/mol. The summed E-state index contributed by atoms with van der Waals surface area (Å²) in [5.74, 6) is -0.294. The van der Waals surface area contributed by atoms with Gasteiger partial charge in [0, 0.05) is 25.8 Å². The van der Waals surface area contributed by atoms with Gasteiger partial charge in [0.2, 0.25) is 0 Å². The maximum absolute atomic E-state index is 12.4. The summed E-state index contributed by atoms with van der Waals surface area (Å²) >= 11 is 0. The van der Waals surface area contributed by atoms with Gasteiger partial charge in [0.05, 0.1) is 18.3 Å². The highest BCUT2D eigenvalue weighted by molar-refractivity contribution is 5.93. The molecule has 1 fully saturated rings. The Morgan fingerprint density at radius 2 is 2.30 bits per heavy atom. The Balaban J connectivity index is 1.88. The number of aryl methyl sites for hydroxylation is 1. The lowest BCUT2D eigenvalue weighted by atomic mass is 10.1. The molecule has 1 aliphatic heterocycles. The monoisotopic (exact) mass is 290 g/mol. The second-order valence-electron chi connectivity index (χ2n) is 5.07. The zero-order chi connectivity index (χ0) is 14.8. The number of alkyl halides is 3. The minimum Gasteiger partial charge on any atom is -0.348 e. The van der Waals surface area contributed by atoms with E-state index in [0.29, 0.717) is 24.9 Å². The fraction of sp³-hybridized carbons (Fsp3) is 0.667. The average Bonchev–Trinajstić information content (AvgIpc) is 2.74. The van der Waals surface area contributed by atoms with E-state index in [1.807, 2.05) is 0 Å². The third kappa shape index (κ3) is 4.22. The first-order valence-electron chi connectivity index (χ1n) is 6.42. The first-order valence-corrected chi connectivity index (χ1v) is 6.42. The molecule has 1 saturated heterocycles. The van der Waals surface area contributed by atoms with Crippen molar-refractivity contribution in [2.45, 2.75) is 25.1 Å². The lowest BCUT2D eigenvalue weighted by Gasteiger charge is -2.33. The standard InChI is InChI=1S/C12H17F3N4O/c1-18-6-9(5-16-18)11(20)17-10-3-2-4-19(7-10)8-12(13,14)15/h5-6,10H,2-4,7-8H2,1H3,(H,17,20). The normalized spacial score (nSPS) is 20.9. The summed E-state index contributed by atoms with van der Waals surface area (Å²) in [6, 6.07) is -0.251. The molecule has 2 heterocycles. The molecule has 1 aliphatic rings. The third-order valence-electron chi connectivity index (χ3n) is 3.21. The van der Waals surface area contributed by atoms with Crippen LogP contribution in [0.1, 0.15) is 23.2 Å². The Morgan fingerprint density at radius 1 is 1.55 bits per heavy atom. The second-order valence-corrected chi connectivity index (χ2v) is 5.07. The average molecular weight is 290 g/mol. The van der Waals surface area contributed by atoms with Crippen molar-refractivity contribution in [3.05, 3.63) is 18.0 Å². The molecule has 0 radical (unpaired) electrons. The molecule has 112 valence electrons. The van der Waals surface area contributed by atoms with Crippen LogP contribution in [-0.4, -0.2) is 52.4 Å². The van der Waals surface area contributed by atoms with Crippen molar-refractivity contribution >= 4 is 5.91 Å². The number of amides is 1. The molecule has 1 aromatic heterocycles. The quantitative estimate of drug-likeness (QED) is 0.909. The van der Waals surface area contributed by atoms with E-state index in [4.69, 9.17) is 0 Å². The number of hydrogen-bond donors (Lipinski definition) is 1. The molecule has 0 aliphatic carbocycles. The molecule has 0 bridgehead atoms. The zero-order valence-corrected chi connectivity index (χ0v) is 11.2. The number of nitrogens with zero attached hydrogens (tertiary/aromatic N) is 3. The van der Waals surface area contributed by atoms with Crippen molar-refractivity contribution in [3.8, 4) is 0 Å². The van der Waals surface area contributed by atoms with Gasteiger partial charge in [0.1, 0.15) is 0 Å². The highest BCUT2D eigenvalue weighted by Gasteiger charge is 2.33. The van der Waals surface area contributed by atoms with Crippen molar-refractivity contribution in [3.63, 3.8) is 0 Å². The number of rotatable bonds is 3. The largest absolute Gasteiger partial charge is 0.401 e. The summed E-state index contributed by atoms with van der Waals surface area (Å²) in [4.78, 5) is 13.2. The van der Waals surface area contributed by atoms with E-state index < -0.39 is 12.7 Å². The lowest BCUT2D eigenvalue weighted by Crippen LogP contribution is -2.49. The van der Waals surface area contributed by atoms with Crippen molar-refractivity contribution in [1.82, 2.24) is 20.0 Å². The molecule has 8 heteroatoms. The smallest absolute Gasteiger partial charge is 0.348 e. The van der Waals surface area contributed by atoms with Crippen LogP contribution in [0.5, 0.6) is 0 Å². The molecule has 2 rings (SSSR count). The molecule has 1 aromatic rings. The minimum absolute atomic E-state index is 0.228. The van der Waals surface area contributed by atoms with Crippen LogP contribution in [0, 0.1) is 0 Å². The molecule has 1 atom stereocenters. The van der Waals surface area contributed by atoms with Crippen molar-refractivity contribution in [2.75, 3.05) is 19.6 Å². The topological polar surface area (TPSA) is 50.2 Å². The number of carbonyl (C=O) groups is 1. The number of carbonyl (C=O) groups excluding carboxylic acids is 1. The molecular formula is C12H17F3N4O. The van der Waals surface area contributed by atoms with Crippen LogP contribution in [0.2, 0.25) is 0 Å². The van der Waals surface area contributed by atoms with Gasteiger partial charge < -0.3 is 5.32 Å². The van der Waals surface area contributed by atoms with Gasteiger partial charge in [0.15, 0.2) is 0 Å². The summed E-state index contributed by atoms with van der Waals surface area (Å²) in [6.07, 6.45) is 0.154. The van der Waals surface area contributed by atoms with Crippen LogP contribution in [0.15, 0.2) is 12.4 Å². The molecule has 0 saturated carbocycles. The van der Waals surface area contributed by atoms with E-state index in [1.54, 1.807) is 13.2 Å².